The molecule has 0 bridgehead atoms. The molecule has 1 radical (unpaired) electrons. The molecule has 0 aromatic carbocycles. The number of amides is 1. The third-order valence-electron chi connectivity index (χ3n) is 1.96. The van der Waals surface area contributed by atoms with Crippen LogP contribution in [0.15, 0.2) is 0 Å². The summed E-state index contributed by atoms with van der Waals surface area (Å²) in [6.45, 7) is 3.75. The van der Waals surface area contributed by atoms with Crippen molar-refractivity contribution in [3.8, 4) is 0 Å². The van der Waals surface area contributed by atoms with Gasteiger partial charge < -0.3 is 11.1 Å². The first-order valence-corrected chi connectivity index (χ1v) is 3.86. The summed E-state index contributed by atoms with van der Waals surface area (Å²) in [5.41, 5.74) is 5.15. The van der Waals surface area contributed by atoms with Gasteiger partial charge in [0.05, 0.1) is 6.54 Å². The molecule has 2 unspecified atom stereocenters. The maximum absolute atomic E-state index is 10.8. The highest BCUT2D eigenvalue weighted by molar-refractivity contribution is 5.78. The molecule has 1 aliphatic rings. The molecule has 11 heavy (non-hydrogen) atoms. The van der Waals surface area contributed by atoms with Crippen molar-refractivity contribution in [1.82, 2.24) is 10.6 Å². The fourth-order valence-corrected chi connectivity index (χ4v) is 1.18. The molecule has 1 aliphatic heterocycles. The van der Waals surface area contributed by atoms with E-state index in [1.54, 1.807) is 0 Å². The summed E-state index contributed by atoms with van der Waals surface area (Å²) >= 11 is 0. The number of nitrogens with zero attached hydrogens (tertiary/aromatic N) is 1. The molecular weight excluding hydrogens is 142 g/mol. The summed E-state index contributed by atoms with van der Waals surface area (Å²) in [7, 11) is 0. The van der Waals surface area contributed by atoms with E-state index in [-0.39, 0.29) is 18.5 Å². The lowest BCUT2D eigenvalue weighted by Crippen LogP contribution is -2.42. The molecular formula is C7H14N3O. The van der Waals surface area contributed by atoms with Crippen molar-refractivity contribution in [2.75, 3.05) is 19.6 Å². The summed E-state index contributed by atoms with van der Waals surface area (Å²) in [6.07, 6.45) is 0. The van der Waals surface area contributed by atoms with Gasteiger partial charge in [-0.05, 0) is 5.92 Å². The molecule has 63 valence electrons. The fraction of sp³-hybridized carbons (Fsp3) is 0.857. The van der Waals surface area contributed by atoms with Crippen LogP contribution in [0.25, 0.3) is 0 Å². The Bertz CT molecular complexity index is 149. The number of carbonyl (C=O) groups excluding carboxylic acids is 1. The van der Waals surface area contributed by atoms with Crippen LogP contribution < -0.4 is 16.4 Å². The van der Waals surface area contributed by atoms with Crippen molar-refractivity contribution >= 4 is 5.91 Å². The normalized spacial score (nSPS) is 30.4. The number of nitrogens with one attached hydrogen (secondary N) is 1. The van der Waals surface area contributed by atoms with E-state index in [1.165, 1.54) is 0 Å². The Morgan fingerprint density at radius 3 is 2.91 bits per heavy atom. The van der Waals surface area contributed by atoms with Crippen LogP contribution in [0, 0.1) is 5.92 Å². The maximum Gasteiger partial charge on any atom is 0.234 e. The highest BCUT2D eigenvalue weighted by atomic mass is 16.1. The van der Waals surface area contributed by atoms with Crippen LogP contribution in [0.1, 0.15) is 6.92 Å². The second kappa shape index (κ2) is 3.69. The fourth-order valence-electron chi connectivity index (χ4n) is 1.18. The summed E-state index contributed by atoms with van der Waals surface area (Å²) in [6, 6.07) is 0.214. The smallest absolute Gasteiger partial charge is 0.234 e. The minimum atomic E-state index is -0.0843. The Hall–Kier alpha value is -0.610. The second-order valence-corrected chi connectivity index (χ2v) is 2.94. The summed E-state index contributed by atoms with van der Waals surface area (Å²) in [5.74, 6) is 0.379. The van der Waals surface area contributed by atoms with Gasteiger partial charge in [-0.3, -0.25) is 4.79 Å². The topological polar surface area (TPSA) is 69.2 Å². The molecule has 1 heterocycles. The first-order chi connectivity index (χ1) is 5.24. The zero-order valence-corrected chi connectivity index (χ0v) is 6.71. The van der Waals surface area contributed by atoms with Gasteiger partial charge in [0.1, 0.15) is 0 Å². The van der Waals surface area contributed by atoms with Crippen LogP contribution in [0.2, 0.25) is 0 Å². The highest BCUT2D eigenvalue weighted by Crippen LogP contribution is 2.07. The average molecular weight is 156 g/mol. The lowest BCUT2D eigenvalue weighted by atomic mass is 10.1. The summed E-state index contributed by atoms with van der Waals surface area (Å²) in [4.78, 5) is 10.8. The van der Waals surface area contributed by atoms with E-state index < -0.39 is 0 Å². The first-order valence-electron chi connectivity index (χ1n) is 3.86. The molecule has 1 amide bonds. The third kappa shape index (κ3) is 2.17. The highest BCUT2D eigenvalue weighted by Gasteiger charge is 2.24. The van der Waals surface area contributed by atoms with Gasteiger partial charge in [-0.1, -0.05) is 6.92 Å². The number of hydrogen-bond acceptors (Lipinski definition) is 2. The predicted octanol–water partition coefficient (Wildman–Crippen LogP) is -1.32. The predicted molar refractivity (Wildman–Crippen MR) is 42.0 cm³/mol. The molecule has 1 rings (SSSR count). The van der Waals surface area contributed by atoms with Gasteiger partial charge in [-0.15, -0.1) is 0 Å². The van der Waals surface area contributed by atoms with Crippen molar-refractivity contribution in [2.45, 2.75) is 13.0 Å². The number of carbonyl (C=O) groups is 1. The van der Waals surface area contributed by atoms with Crippen LogP contribution in [0.3, 0.4) is 0 Å². The van der Waals surface area contributed by atoms with Crippen molar-refractivity contribution in [3.05, 3.63) is 0 Å². The van der Waals surface area contributed by atoms with E-state index in [0.29, 0.717) is 5.92 Å². The van der Waals surface area contributed by atoms with Gasteiger partial charge in [0.25, 0.3) is 0 Å². The van der Waals surface area contributed by atoms with Gasteiger partial charge in [-0.2, -0.15) is 0 Å². The molecule has 0 aliphatic carbocycles. The Labute approximate surface area is 66.5 Å². The van der Waals surface area contributed by atoms with Crippen LogP contribution in [-0.2, 0) is 4.79 Å². The molecule has 1 fully saturated rings. The molecule has 0 saturated carbocycles. The average Bonchev–Trinajstić information content (AvgIpc) is 2.37. The van der Waals surface area contributed by atoms with E-state index in [4.69, 9.17) is 5.73 Å². The second-order valence-electron chi connectivity index (χ2n) is 2.94. The monoisotopic (exact) mass is 156 g/mol. The first kappa shape index (κ1) is 8.49. The van der Waals surface area contributed by atoms with Crippen molar-refractivity contribution in [3.63, 3.8) is 0 Å². The Morgan fingerprint density at radius 1 is 1.73 bits per heavy atom. The Kier molecular flexibility index (Phi) is 2.84. The van der Waals surface area contributed by atoms with Crippen molar-refractivity contribution in [1.29, 1.82) is 0 Å². The van der Waals surface area contributed by atoms with Gasteiger partial charge >= 0.3 is 0 Å². The zero-order valence-electron chi connectivity index (χ0n) is 6.71. The lowest BCUT2D eigenvalue weighted by molar-refractivity contribution is -0.120. The largest absolute Gasteiger partial charge is 0.351 e. The van der Waals surface area contributed by atoms with Gasteiger partial charge in [0.2, 0.25) is 5.91 Å². The zero-order chi connectivity index (χ0) is 8.27. The molecule has 0 spiro atoms. The SMILES string of the molecule is CC1C[N]CC1NC(=O)CN. The quantitative estimate of drug-likeness (QED) is 0.521. The summed E-state index contributed by atoms with van der Waals surface area (Å²) < 4.78 is 0. The third-order valence-corrected chi connectivity index (χ3v) is 1.96. The van der Waals surface area contributed by atoms with Gasteiger partial charge in [0.15, 0.2) is 0 Å². The van der Waals surface area contributed by atoms with E-state index in [2.05, 4.69) is 17.6 Å². The van der Waals surface area contributed by atoms with E-state index in [0.717, 1.165) is 13.1 Å². The van der Waals surface area contributed by atoms with Gasteiger partial charge in [0, 0.05) is 19.1 Å². The van der Waals surface area contributed by atoms with Crippen molar-refractivity contribution < 1.29 is 4.79 Å². The molecule has 4 nitrogen and oxygen atoms in total. The van der Waals surface area contributed by atoms with E-state index in [1.807, 2.05) is 0 Å². The van der Waals surface area contributed by atoms with Crippen LogP contribution >= 0.6 is 0 Å². The van der Waals surface area contributed by atoms with Crippen LogP contribution in [0.5, 0.6) is 0 Å². The molecule has 0 aromatic rings. The molecule has 4 heteroatoms. The number of rotatable bonds is 2. The molecule has 3 N–H and O–H groups in total. The number of hydrogen-bond donors (Lipinski definition) is 2. The summed E-state index contributed by atoms with van der Waals surface area (Å²) in [5, 5.41) is 7.00. The molecule has 1 saturated heterocycles. The lowest BCUT2D eigenvalue weighted by Gasteiger charge is -2.14. The van der Waals surface area contributed by atoms with Crippen LogP contribution in [0.4, 0.5) is 0 Å². The number of nitrogens with two attached hydrogens (primary N) is 1. The van der Waals surface area contributed by atoms with E-state index >= 15 is 0 Å². The minimum absolute atomic E-state index is 0.0726. The molecule has 0 aromatic heterocycles. The van der Waals surface area contributed by atoms with E-state index in [9.17, 15) is 4.79 Å². The maximum atomic E-state index is 10.8. The molecule has 2 atom stereocenters. The Morgan fingerprint density at radius 2 is 2.45 bits per heavy atom. The van der Waals surface area contributed by atoms with Crippen molar-refractivity contribution in [2.24, 2.45) is 11.7 Å². The Balaban J connectivity index is 2.30. The standard InChI is InChI=1S/C7H14N3O/c1-5-3-9-4-6(5)10-7(11)2-8/h5-6H,2-4,8H2,1H3,(H,10,11). The van der Waals surface area contributed by atoms with Gasteiger partial charge in [-0.25, -0.2) is 5.32 Å². The van der Waals surface area contributed by atoms with Crippen LogP contribution in [-0.4, -0.2) is 31.6 Å². The minimum Gasteiger partial charge on any atom is -0.351 e.